The zero-order chi connectivity index (χ0) is 14.5. The lowest BCUT2D eigenvalue weighted by atomic mass is 10.1. The molecule has 1 aromatic carbocycles. The van der Waals surface area contributed by atoms with Crippen molar-refractivity contribution in [3.63, 3.8) is 0 Å². The van der Waals surface area contributed by atoms with E-state index in [1.54, 1.807) is 30.3 Å². The number of amides is 1. The summed E-state index contributed by atoms with van der Waals surface area (Å²) in [5.74, 6) is -0.302. The van der Waals surface area contributed by atoms with Crippen LogP contribution in [0.2, 0.25) is 0 Å². The molecule has 1 aromatic heterocycles. The molecular weight excluding hydrogens is 301 g/mol. The average Bonchev–Trinajstić information content (AvgIpc) is 2.48. The summed E-state index contributed by atoms with van der Waals surface area (Å²) in [4.78, 5) is 22.5. The minimum atomic E-state index is -0.766. The van der Waals surface area contributed by atoms with Crippen LogP contribution in [0.5, 0.6) is 0 Å². The first-order chi connectivity index (χ1) is 9.60. The molecule has 0 saturated carbocycles. The van der Waals surface area contributed by atoms with Crippen molar-refractivity contribution in [3.05, 3.63) is 46.8 Å². The van der Waals surface area contributed by atoms with Gasteiger partial charge in [-0.2, -0.15) is 5.10 Å². The number of carbonyl (C=O) groups is 1. The van der Waals surface area contributed by atoms with Gasteiger partial charge in [0.25, 0.3) is 5.56 Å². The highest BCUT2D eigenvalue weighted by Gasteiger charge is 2.13. The van der Waals surface area contributed by atoms with E-state index in [-0.39, 0.29) is 17.3 Å². The number of anilines is 1. The van der Waals surface area contributed by atoms with Crippen LogP contribution in [-0.2, 0) is 4.79 Å². The van der Waals surface area contributed by atoms with Crippen molar-refractivity contribution in [1.29, 1.82) is 0 Å². The van der Waals surface area contributed by atoms with E-state index in [2.05, 4.69) is 15.5 Å². The third-order valence-corrected chi connectivity index (χ3v) is 3.37. The summed E-state index contributed by atoms with van der Waals surface area (Å²) in [5.41, 5.74) is 1.81. The summed E-state index contributed by atoms with van der Waals surface area (Å²) >= 11 is 11.2. The van der Waals surface area contributed by atoms with Crippen LogP contribution in [0.15, 0.2) is 41.2 Å². The summed E-state index contributed by atoms with van der Waals surface area (Å²) in [6.45, 7) is 0. The smallest absolute Gasteiger partial charge is 0.264 e. The molecule has 7 heteroatoms. The van der Waals surface area contributed by atoms with E-state index in [1.807, 2.05) is 0 Å². The maximum Gasteiger partial charge on any atom is 0.264 e. The molecule has 0 saturated heterocycles. The van der Waals surface area contributed by atoms with Crippen molar-refractivity contribution >= 4 is 34.8 Å². The van der Waals surface area contributed by atoms with Gasteiger partial charge in [0, 0.05) is 23.2 Å². The Morgan fingerprint density at radius 2 is 1.95 bits per heavy atom. The number of nitrogens with zero attached hydrogens (tertiary/aromatic N) is 1. The van der Waals surface area contributed by atoms with Gasteiger partial charge in [0.1, 0.15) is 5.38 Å². The van der Waals surface area contributed by atoms with Crippen LogP contribution < -0.4 is 10.9 Å². The van der Waals surface area contributed by atoms with Crippen LogP contribution in [-0.4, -0.2) is 27.4 Å². The minimum absolute atomic E-state index is 0.0484. The number of hydrogen-bond donors (Lipinski definition) is 2. The summed E-state index contributed by atoms with van der Waals surface area (Å²) in [7, 11) is 0. The quantitative estimate of drug-likeness (QED) is 0.850. The van der Waals surface area contributed by atoms with E-state index in [9.17, 15) is 9.59 Å². The normalized spacial score (nSPS) is 11.9. The van der Waals surface area contributed by atoms with Gasteiger partial charge < -0.3 is 5.32 Å². The van der Waals surface area contributed by atoms with Crippen molar-refractivity contribution in [3.8, 4) is 11.3 Å². The van der Waals surface area contributed by atoms with E-state index in [4.69, 9.17) is 23.2 Å². The number of alkyl halides is 2. The number of benzene rings is 1. The summed E-state index contributed by atoms with van der Waals surface area (Å²) < 4.78 is 0. The molecule has 1 atom stereocenters. The molecule has 2 aromatic rings. The molecule has 0 aliphatic heterocycles. The molecule has 2 rings (SSSR count). The Labute approximate surface area is 124 Å². The summed E-state index contributed by atoms with van der Waals surface area (Å²) in [6, 6.07) is 10.0. The molecule has 1 unspecified atom stereocenters. The lowest BCUT2D eigenvalue weighted by Gasteiger charge is -2.08. The first kappa shape index (κ1) is 14.6. The predicted molar refractivity (Wildman–Crippen MR) is 79.3 cm³/mol. The maximum atomic E-state index is 11.6. The average molecular weight is 312 g/mol. The number of rotatable bonds is 4. The Bertz CT molecular complexity index is 635. The minimum Gasteiger partial charge on any atom is -0.325 e. The number of aromatic nitrogens is 2. The van der Waals surface area contributed by atoms with Crippen molar-refractivity contribution in [2.24, 2.45) is 0 Å². The van der Waals surface area contributed by atoms with Gasteiger partial charge in [-0.1, -0.05) is 12.1 Å². The standard InChI is InChI=1S/C13H11Cl2N3O2/c14-7-10(15)13(20)16-9-3-1-8(2-4-9)11-5-6-12(19)18-17-11/h1-6,10H,7H2,(H,16,20)(H,18,19). The number of H-pyrrole nitrogens is 1. The lowest BCUT2D eigenvalue weighted by Crippen LogP contribution is -2.24. The largest absolute Gasteiger partial charge is 0.325 e. The third-order valence-electron chi connectivity index (χ3n) is 2.55. The second-order valence-electron chi connectivity index (χ2n) is 3.99. The Morgan fingerprint density at radius 1 is 1.25 bits per heavy atom. The van der Waals surface area contributed by atoms with Gasteiger partial charge in [-0.15, -0.1) is 23.2 Å². The molecule has 1 heterocycles. The molecule has 0 fully saturated rings. The Kier molecular flexibility index (Phi) is 4.76. The number of hydrogen-bond acceptors (Lipinski definition) is 3. The molecule has 0 radical (unpaired) electrons. The molecule has 0 bridgehead atoms. The van der Waals surface area contributed by atoms with Crippen LogP contribution >= 0.6 is 23.2 Å². The topological polar surface area (TPSA) is 74.8 Å². The molecule has 104 valence electrons. The summed E-state index contributed by atoms with van der Waals surface area (Å²) in [5, 5.41) is 8.16. The lowest BCUT2D eigenvalue weighted by molar-refractivity contribution is -0.115. The molecule has 20 heavy (non-hydrogen) atoms. The molecule has 5 nitrogen and oxygen atoms in total. The monoisotopic (exact) mass is 311 g/mol. The van der Waals surface area contributed by atoms with Gasteiger partial charge in [0.2, 0.25) is 5.91 Å². The molecular formula is C13H11Cl2N3O2. The zero-order valence-electron chi connectivity index (χ0n) is 10.3. The SMILES string of the molecule is O=C(Nc1ccc(-c2ccc(=O)[nH]n2)cc1)C(Cl)CCl. The van der Waals surface area contributed by atoms with Gasteiger partial charge in [0.15, 0.2) is 0 Å². The van der Waals surface area contributed by atoms with E-state index >= 15 is 0 Å². The number of nitrogens with one attached hydrogen (secondary N) is 2. The van der Waals surface area contributed by atoms with Gasteiger partial charge >= 0.3 is 0 Å². The highest BCUT2D eigenvalue weighted by molar-refractivity contribution is 6.37. The van der Waals surface area contributed by atoms with Crippen LogP contribution in [0.25, 0.3) is 11.3 Å². The van der Waals surface area contributed by atoms with Crippen LogP contribution in [0, 0.1) is 0 Å². The first-order valence-electron chi connectivity index (χ1n) is 5.77. The summed E-state index contributed by atoms with van der Waals surface area (Å²) in [6.07, 6.45) is 0. The van der Waals surface area contributed by atoms with E-state index < -0.39 is 5.38 Å². The second kappa shape index (κ2) is 6.54. The van der Waals surface area contributed by atoms with Crippen molar-refractivity contribution < 1.29 is 4.79 Å². The molecule has 0 aliphatic rings. The number of aromatic amines is 1. The third kappa shape index (κ3) is 3.59. The Balaban J connectivity index is 2.12. The fraction of sp³-hybridized carbons (Fsp3) is 0.154. The van der Waals surface area contributed by atoms with Crippen LogP contribution in [0.3, 0.4) is 0 Å². The predicted octanol–water partition coefficient (Wildman–Crippen LogP) is 2.22. The molecule has 1 amide bonds. The van der Waals surface area contributed by atoms with Gasteiger partial charge in [-0.25, -0.2) is 5.10 Å². The molecule has 0 aliphatic carbocycles. The Hall–Kier alpha value is -1.85. The highest BCUT2D eigenvalue weighted by atomic mass is 35.5. The maximum absolute atomic E-state index is 11.6. The van der Waals surface area contributed by atoms with Crippen LogP contribution in [0.4, 0.5) is 5.69 Å². The number of carbonyl (C=O) groups excluding carboxylic acids is 1. The Morgan fingerprint density at radius 3 is 2.50 bits per heavy atom. The van der Waals surface area contributed by atoms with Crippen molar-refractivity contribution in [2.45, 2.75) is 5.38 Å². The van der Waals surface area contributed by atoms with Gasteiger partial charge in [0.05, 0.1) is 5.69 Å². The highest BCUT2D eigenvalue weighted by Crippen LogP contribution is 2.18. The van der Waals surface area contributed by atoms with Crippen molar-refractivity contribution in [2.75, 3.05) is 11.2 Å². The van der Waals surface area contributed by atoms with E-state index in [0.717, 1.165) is 5.56 Å². The van der Waals surface area contributed by atoms with Gasteiger partial charge in [-0.05, 0) is 18.2 Å². The van der Waals surface area contributed by atoms with E-state index in [1.165, 1.54) is 6.07 Å². The zero-order valence-corrected chi connectivity index (χ0v) is 11.8. The van der Waals surface area contributed by atoms with E-state index in [0.29, 0.717) is 11.4 Å². The number of halogens is 2. The van der Waals surface area contributed by atoms with Gasteiger partial charge in [-0.3, -0.25) is 9.59 Å². The first-order valence-corrected chi connectivity index (χ1v) is 6.74. The van der Waals surface area contributed by atoms with Crippen molar-refractivity contribution in [1.82, 2.24) is 10.2 Å². The van der Waals surface area contributed by atoms with Crippen LogP contribution in [0.1, 0.15) is 0 Å². The fourth-order valence-corrected chi connectivity index (χ4v) is 1.71. The molecule has 0 spiro atoms. The second-order valence-corrected chi connectivity index (χ2v) is 4.83. The fourth-order valence-electron chi connectivity index (χ4n) is 1.52. The molecule has 2 N–H and O–H groups in total.